The monoisotopic (exact) mass is 408 g/mol. The third-order valence-electron chi connectivity index (χ3n) is 6.28. The topological polar surface area (TPSA) is 9.23 Å². The van der Waals surface area contributed by atoms with Gasteiger partial charge in [0.25, 0.3) is 0 Å². The van der Waals surface area contributed by atoms with E-state index in [1.54, 1.807) is 0 Å². The van der Waals surface area contributed by atoms with E-state index in [-0.39, 0.29) is 11.5 Å². The van der Waals surface area contributed by atoms with Crippen molar-refractivity contribution in [2.24, 2.45) is 0 Å². The molecule has 1 heterocycles. The average Bonchev–Trinajstić information content (AvgIpc) is 3.18. The van der Waals surface area contributed by atoms with Gasteiger partial charge >= 0.3 is 0 Å². The van der Waals surface area contributed by atoms with Crippen molar-refractivity contribution in [3.05, 3.63) is 108 Å². The molecule has 6 rings (SSSR count). The molecule has 146 valence electrons. The summed E-state index contributed by atoms with van der Waals surface area (Å²) < 4.78 is 6.34. The summed E-state index contributed by atoms with van der Waals surface area (Å²) in [5.41, 5.74) is 7.47. The van der Waals surface area contributed by atoms with Gasteiger partial charge in [0.2, 0.25) is 0 Å². The third-order valence-corrected chi connectivity index (χ3v) is 6.66. The smallest absolute Gasteiger partial charge is 0.145 e. The van der Waals surface area contributed by atoms with E-state index in [4.69, 9.17) is 16.3 Å². The number of allylic oxidation sites excluding steroid dienone is 6. The normalized spacial score (nSPS) is 22.0. The van der Waals surface area contributed by atoms with Crippen LogP contribution in [0.5, 0.6) is 5.75 Å². The second kappa shape index (κ2) is 7.04. The van der Waals surface area contributed by atoms with Crippen LogP contribution in [0.2, 0.25) is 0 Å². The molecule has 2 aliphatic carbocycles. The zero-order valence-electron chi connectivity index (χ0n) is 16.5. The molecule has 0 amide bonds. The van der Waals surface area contributed by atoms with Crippen LogP contribution in [0.25, 0.3) is 27.5 Å². The number of hydrogen-bond acceptors (Lipinski definition) is 1. The van der Waals surface area contributed by atoms with Crippen molar-refractivity contribution in [1.82, 2.24) is 0 Å². The van der Waals surface area contributed by atoms with E-state index in [1.165, 1.54) is 38.6 Å². The summed E-state index contributed by atoms with van der Waals surface area (Å²) in [6, 6.07) is 21.7. The standard InChI is InChI=1S/C28H21ClO/c29-25-15-14-23(20-12-10-19(11-13-20)18-6-2-1-3-7-18)27-24-16-21-8-4-5-9-22(21)17-26(24)30-28(25)27/h1-2,4-6,8-17,25,28H,3,7H2. The lowest BCUT2D eigenvalue weighted by Crippen LogP contribution is -2.26. The first-order chi connectivity index (χ1) is 14.8. The van der Waals surface area contributed by atoms with Gasteiger partial charge in [-0.05, 0) is 58.0 Å². The van der Waals surface area contributed by atoms with Crippen molar-refractivity contribution in [2.45, 2.75) is 24.3 Å². The van der Waals surface area contributed by atoms with Crippen LogP contribution >= 0.6 is 11.6 Å². The first-order valence-electron chi connectivity index (χ1n) is 10.5. The van der Waals surface area contributed by atoms with Gasteiger partial charge in [-0.3, -0.25) is 0 Å². The van der Waals surface area contributed by atoms with Crippen molar-refractivity contribution in [2.75, 3.05) is 0 Å². The summed E-state index contributed by atoms with van der Waals surface area (Å²) in [5.74, 6) is 0.927. The first-order valence-corrected chi connectivity index (χ1v) is 10.9. The molecular formula is C28H21ClO. The van der Waals surface area contributed by atoms with Gasteiger partial charge in [-0.2, -0.15) is 0 Å². The summed E-state index contributed by atoms with van der Waals surface area (Å²) in [4.78, 5) is 0. The average molecular weight is 409 g/mol. The Kier molecular flexibility index (Phi) is 4.17. The Morgan fingerprint density at radius 2 is 1.67 bits per heavy atom. The summed E-state index contributed by atoms with van der Waals surface area (Å²) in [6.07, 6.45) is 12.9. The molecule has 30 heavy (non-hydrogen) atoms. The third kappa shape index (κ3) is 2.85. The minimum absolute atomic E-state index is 0.149. The van der Waals surface area contributed by atoms with Crippen LogP contribution in [-0.2, 0) is 0 Å². The van der Waals surface area contributed by atoms with E-state index in [9.17, 15) is 0 Å². The van der Waals surface area contributed by atoms with Gasteiger partial charge in [0.05, 0.1) is 5.38 Å². The van der Waals surface area contributed by atoms with Gasteiger partial charge < -0.3 is 4.74 Å². The maximum absolute atomic E-state index is 6.66. The second-order valence-electron chi connectivity index (χ2n) is 8.10. The molecule has 0 radical (unpaired) electrons. The molecule has 0 spiro atoms. The van der Waals surface area contributed by atoms with Crippen LogP contribution in [0.1, 0.15) is 29.5 Å². The predicted molar refractivity (Wildman–Crippen MR) is 127 cm³/mol. The molecule has 0 bridgehead atoms. The number of rotatable bonds is 2. The second-order valence-corrected chi connectivity index (χ2v) is 8.60. The Morgan fingerprint density at radius 3 is 2.43 bits per heavy atom. The molecule has 0 aromatic heterocycles. The van der Waals surface area contributed by atoms with Crippen LogP contribution in [-0.4, -0.2) is 11.5 Å². The highest BCUT2D eigenvalue weighted by atomic mass is 35.5. The van der Waals surface area contributed by atoms with Gasteiger partial charge in [0.15, 0.2) is 0 Å². The number of alkyl halides is 1. The van der Waals surface area contributed by atoms with E-state index in [0.29, 0.717) is 0 Å². The summed E-state index contributed by atoms with van der Waals surface area (Å²) in [5, 5.41) is 2.24. The minimum atomic E-state index is -0.169. The van der Waals surface area contributed by atoms with Crippen LogP contribution in [0, 0.1) is 0 Å². The molecular weight excluding hydrogens is 388 g/mol. The van der Waals surface area contributed by atoms with Crippen LogP contribution in [0.3, 0.4) is 0 Å². The zero-order valence-corrected chi connectivity index (χ0v) is 17.3. The number of halogens is 1. The van der Waals surface area contributed by atoms with Gasteiger partial charge in [0.1, 0.15) is 11.9 Å². The Labute approximate surface area is 181 Å². The van der Waals surface area contributed by atoms with Crippen molar-refractivity contribution in [3.8, 4) is 5.75 Å². The molecule has 0 saturated heterocycles. The molecule has 3 aliphatic rings. The van der Waals surface area contributed by atoms with Crippen molar-refractivity contribution >= 4 is 39.1 Å². The maximum atomic E-state index is 6.66. The quantitative estimate of drug-likeness (QED) is 0.401. The summed E-state index contributed by atoms with van der Waals surface area (Å²) in [6.45, 7) is 0. The lowest BCUT2D eigenvalue weighted by atomic mass is 9.86. The van der Waals surface area contributed by atoms with Gasteiger partial charge in [-0.15, -0.1) is 11.6 Å². The molecule has 0 saturated carbocycles. The molecule has 0 fully saturated rings. The van der Waals surface area contributed by atoms with Gasteiger partial charge in [-0.1, -0.05) is 78.9 Å². The van der Waals surface area contributed by atoms with Crippen molar-refractivity contribution in [1.29, 1.82) is 0 Å². The summed E-state index contributed by atoms with van der Waals surface area (Å²) >= 11 is 6.66. The number of ether oxygens (including phenoxy) is 1. The Hall–Kier alpha value is -3.03. The minimum Gasteiger partial charge on any atom is -0.483 e. The molecule has 3 aromatic rings. The molecule has 1 aliphatic heterocycles. The molecule has 2 atom stereocenters. The Morgan fingerprint density at radius 1 is 0.900 bits per heavy atom. The lowest BCUT2D eigenvalue weighted by Gasteiger charge is -2.23. The maximum Gasteiger partial charge on any atom is 0.145 e. The molecule has 1 nitrogen and oxygen atoms in total. The number of fused-ring (bicyclic) bond motifs is 4. The fourth-order valence-corrected chi connectivity index (χ4v) is 4.99. The van der Waals surface area contributed by atoms with E-state index < -0.39 is 0 Å². The first kappa shape index (κ1) is 17.8. The van der Waals surface area contributed by atoms with E-state index in [1.807, 2.05) is 0 Å². The number of benzene rings is 3. The fraction of sp³-hybridized carbons (Fsp3) is 0.143. The van der Waals surface area contributed by atoms with E-state index in [2.05, 4.69) is 91.0 Å². The Balaban J connectivity index is 1.48. The molecule has 3 aromatic carbocycles. The zero-order chi connectivity index (χ0) is 20.1. The summed E-state index contributed by atoms with van der Waals surface area (Å²) in [7, 11) is 0. The van der Waals surface area contributed by atoms with E-state index >= 15 is 0 Å². The highest BCUT2D eigenvalue weighted by Gasteiger charge is 2.37. The largest absolute Gasteiger partial charge is 0.483 e. The molecule has 2 unspecified atom stereocenters. The number of hydrogen-bond donors (Lipinski definition) is 0. The molecule has 0 N–H and O–H groups in total. The van der Waals surface area contributed by atoms with Gasteiger partial charge in [0, 0.05) is 11.1 Å². The van der Waals surface area contributed by atoms with Crippen LogP contribution < -0.4 is 4.74 Å². The SMILES string of the molecule is ClC1C=CC(c2ccc(C3=CC=CCC3)cc2)=C2c3cc4ccccc4cc3OC21. The van der Waals surface area contributed by atoms with Crippen molar-refractivity contribution in [3.63, 3.8) is 0 Å². The fourth-order valence-electron chi connectivity index (χ4n) is 4.74. The Bertz CT molecular complexity index is 1270. The van der Waals surface area contributed by atoms with Crippen molar-refractivity contribution < 1.29 is 4.74 Å². The van der Waals surface area contributed by atoms with Crippen LogP contribution in [0.4, 0.5) is 0 Å². The lowest BCUT2D eigenvalue weighted by molar-refractivity contribution is 0.282. The highest BCUT2D eigenvalue weighted by molar-refractivity contribution is 6.24. The van der Waals surface area contributed by atoms with Crippen LogP contribution in [0.15, 0.2) is 91.0 Å². The highest BCUT2D eigenvalue weighted by Crippen LogP contribution is 2.48. The van der Waals surface area contributed by atoms with E-state index in [0.717, 1.165) is 24.2 Å². The molecule has 2 heteroatoms. The van der Waals surface area contributed by atoms with Gasteiger partial charge in [-0.25, -0.2) is 0 Å². The predicted octanol–water partition coefficient (Wildman–Crippen LogP) is 7.42.